The van der Waals surface area contributed by atoms with Gasteiger partial charge in [-0.1, -0.05) is 36.4 Å². The zero-order chi connectivity index (χ0) is 18.9. The number of benzene rings is 2. The predicted octanol–water partition coefficient (Wildman–Crippen LogP) is 3.46. The van der Waals surface area contributed by atoms with E-state index in [0.717, 1.165) is 36.1 Å². The van der Waals surface area contributed by atoms with Crippen LogP contribution in [-0.4, -0.2) is 37.3 Å². The van der Waals surface area contributed by atoms with Crippen molar-refractivity contribution in [2.24, 2.45) is 4.99 Å². The van der Waals surface area contributed by atoms with Gasteiger partial charge in [-0.15, -0.1) is 11.8 Å². The highest BCUT2D eigenvalue weighted by Gasteiger charge is 2.24. The molecule has 0 saturated carbocycles. The highest BCUT2D eigenvalue weighted by Crippen LogP contribution is 2.31. The average molecular weight is 383 g/mol. The van der Waals surface area contributed by atoms with Crippen LogP contribution in [0.5, 0.6) is 0 Å². The monoisotopic (exact) mass is 382 g/mol. The number of thioether (sulfide) groups is 1. The van der Waals surface area contributed by atoms with Gasteiger partial charge < -0.3 is 16.0 Å². The van der Waals surface area contributed by atoms with Crippen molar-refractivity contribution in [1.29, 1.82) is 0 Å². The number of amides is 1. The van der Waals surface area contributed by atoms with Crippen LogP contribution >= 0.6 is 11.8 Å². The van der Waals surface area contributed by atoms with Gasteiger partial charge in [0.1, 0.15) is 0 Å². The number of aliphatic imine (C=N–C) groups is 1. The minimum atomic E-state index is 0.0612. The molecule has 2 aromatic rings. The van der Waals surface area contributed by atoms with Crippen LogP contribution in [0.2, 0.25) is 0 Å². The molecule has 1 aliphatic heterocycles. The molecule has 142 valence electrons. The summed E-state index contributed by atoms with van der Waals surface area (Å²) in [5.74, 6) is 1.94. The lowest BCUT2D eigenvalue weighted by atomic mass is 9.91. The van der Waals surface area contributed by atoms with E-state index in [1.807, 2.05) is 36.0 Å². The quantitative estimate of drug-likeness (QED) is 0.297. The first-order valence-electron chi connectivity index (χ1n) is 9.35. The normalized spacial score (nSPS) is 16.4. The second-order valence-electron chi connectivity index (χ2n) is 6.34. The Morgan fingerprint density at radius 1 is 1.15 bits per heavy atom. The first kappa shape index (κ1) is 19.3. The number of anilines is 1. The maximum atomic E-state index is 12.0. The minimum Gasteiger partial charge on any atom is -0.357 e. The van der Waals surface area contributed by atoms with E-state index in [1.54, 1.807) is 0 Å². The SMILES string of the molecule is CCNC(=NCC1CC(=O)Nc2ccccc21)NCCSc1ccccc1. The minimum absolute atomic E-state index is 0.0612. The first-order valence-corrected chi connectivity index (χ1v) is 10.3. The van der Waals surface area contributed by atoms with Gasteiger partial charge >= 0.3 is 0 Å². The third kappa shape index (κ3) is 5.76. The molecular formula is C21H26N4OS. The van der Waals surface area contributed by atoms with Crippen LogP contribution in [0.1, 0.15) is 24.8 Å². The standard InChI is InChI=1S/C21H26N4OS/c1-2-22-21(23-12-13-27-17-8-4-3-5-9-17)24-15-16-14-20(26)25-19-11-7-6-10-18(16)19/h3-11,16H,2,12-15H2,1H3,(H,25,26)(H2,22,23,24). The zero-order valence-electron chi connectivity index (χ0n) is 15.6. The fourth-order valence-corrected chi connectivity index (χ4v) is 3.85. The number of rotatable bonds is 7. The largest absolute Gasteiger partial charge is 0.357 e. The third-order valence-electron chi connectivity index (χ3n) is 4.33. The molecule has 1 amide bonds. The molecular weight excluding hydrogens is 356 g/mol. The molecule has 0 fully saturated rings. The fraction of sp³-hybridized carbons (Fsp3) is 0.333. The van der Waals surface area contributed by atoms with Gasteiger partial charge in [-0.3, -0.25) is 9.79 Å². The summed E-state index contributed by atoms with van der Waals surface area (Å²) in [5, 5.41) is 9.61. The van der Waals surface area contributed by atoms with Crippen LogP contribution in [0.15, 0.2) is 64.5 Å². The van der Waals surface area contributed by atoms with Crippen LogP contribution in [-0.2, 0) is 4.79 Å². The maximum Gasteiger partial charge on any atom is 0.225 e. The Kier molecular flexibility index (Phi) is 7.16. The molecule has 3 N–H and O–H groups in total. The van der Waals surface area contributed by atoms with Crippen molar-refractivity contribution in [3.05, 3.63) is 60.2 Å². The second-order valence-corrected chi connectivity index (χ2v) is 7.51. The number of nitrogens with zero attached hydrogens (tertiary/aromatic N) is 1. The molecule has 0 bridgehead atoms. The Morgan fingerprint density at radius 3 is 2.74 bits per heavy atom. The molecule has 5 nitrogen and oxygen atoms in total. The number of fused-ring (bicyclic) bond motifs is 1. The Hall–Kier alpha value is -2.47. The summed E-state index contributed by atoms with van der Waals surface area (Å²) >= 11 is 1.82. The van der Waals surface area contributed by atoms with E-state index in [-0.39, 0.29) is 11.8 Å². The van der Waals surface area contributed by atoms with E-state index in [1.165, 1.54) is 4.90 Å². The molecule has 0 radical (unpaired) electrons. The zero-order valence-corrected chi connectivity index (χ0v) is 16.4. The number of carbonyl (C=O) groups excluding carboxylic acids is 1. The Bertz CT molecular complexity index is 779. The molecule has 27 heavy (non-hydrogen) atoms. The molecule has 0 saturated heterocycles. The van der Waals surface area contributed by atoms with Crippen molar-refractivity contribution in [1.82, 2.24) is 10.6 Å². The van der Waals surface area contributed by atoms with E-state index in [9.17, 15) is 4.79 Å². The first-order chi connectivity index (χ1) is 13.3. The van der Waals surface area contributed by atoms with Crippen molar-refractivity contribution < 1.29 is 4.79 Å². The number of carbonyl (C=O) groups is 1. The van der Waals surface area contributed by atoms with E-state index in [0.29, 0.717) is 13.0 Å². The molecule has 6 heteroatoms. The van der Waals surface area contributed by atoms with Gasteiger partial charge in [-0.2, -0.15) is 0 Å². The van der Waals surface area contributed by atoms with Crippen LogP contribution in [0, 0.1) is 0 Å². The molecule has 0 aromatic heterocycles. The Labute approximate surface area is 165 Å². The highest BCUT2D eigenvalue weighted by molar-refractivity contribution is 7.99. The predicted molar refractivity (Wildman–Crippen MR) is 114 cm³/mol. The Balaban J connectivity index is 1.55. The lowest BCUT2D eigenvalue weighted by Gasteiger charge is -2.24. The molecule has 2 aromatic carbocycles. The third-order valence-corrected chi connectivity index (χ3v) is 5.34. The van der Waals surface area contributed by atoms with Crippen LogP contribution in [0.4, 0.5) is 5.69 Å². The number of nitrogens with one attached hydrogen (secondary N) is 3. The van der Waals surface area contributed by atoms with Gasteiger partial charge in [0.25, 0.3) is 0 Å². The van der Waals surface area contributed by atoms with Gasteiger partial charge in [-0.25, -0.2) is 0 Å². The van der Waals surface area contributed by atoms with E-state index >= 15 is 0 Å². The summed E-state index contributed by atoms with van der Waals surface area (Å²) < 4.78 is 0. The van der Waals surface area contributed by atoms with Gasteiger partial charge in [0.2, 0.25) is 5.91 Å². The van der Waals surface area contributed by atoms with E-state index in [4.69, 9.17) is 4.99 Å². The van der Waals surface area contributed by atoms with Gasteiger partial charge in [0.05, 0.1) is 6.54 Å². The topological polar surface area (TPSA) is 65.5 Å². The van der Waals surface area contributed by atoms with Gasteiger partial charge in [0, 0.05) is 41.8 Å². The summed E-state index contributed by atoms with van der Waals surface area (Å²) in [7, 11) is 0. The number of para-hydroxylation sites is 1. The smallest absolute Gasteiger partial charge is 0.225 e. The summed E-state index contributed by atoms with van der Waals surface area (Å²) in [5.41, 5.74) is 2.07. The maximum absolute atomic E-state index is 12.0. The van der Waals surface area contributed by atoms with E-state index in [2.05, 4.69) is 53.2 Å². The molecule has 1 aliphatic rings. The number of hydrogen-bond donors (Lipinski definition) is 3. The van der Waals surface area contributed by atoms with Gasteiger partial charge in [-0.05, 0) is 30.7 Å². The van der Waals surface area contributed by atoms with E-state index < -0.39 is 0 Å². The Morgan fingerprint density at radius 2 is 1.93 bits per heavy atom. The lowest BCUT2D eigenvalue weighted by Crippen LogP contribution is -2.39. The van der Waals surface area contributed by atoms with Crippen molar-refractivity contribution in [2.45, 2.75) is 24.2 Å². The summed E-state index contributed by atoms with van der Waals surface area (Å²) in [6.07, 6.45) is 0.476. The summed E-state index contributed by atoms with van der Waals surface area (Å²) in [4.78, 5) is 17.9. The average Bonchev–Trinajstić information content (AvgIpc) is 2.69. The van der Waals surface area contributed by atoms with Crippen LogP contribution in [0.25, 0.3) is 0 Å². The van der Waals surface area contributed by atoms with Crippen molar-refractivity contribution in [2.75, 3.05) is 30.7 Å². The molecule has 3 rings (SSSR count). The van der Waals surface area contributed by atoms with Crippen LogP contribution < -0.4 is 16.0 Å². The summed E-state index contributed by atoms with van der Waals surface area (Å²) in [6.45, 7) is 4.28. The number of guanidine groups is 1. The molecule has 1 atom stereocenters. The molecule has 0 spiro atoms. The van der Waals surface area contributed by atoms with Crippen molar-refractivity contribution >= 4 is 29.3 Å². The van der Waals surface area contributed by atoms with Crippen molar-refractivity contribution in [3.63, 3.8) is 0 Å². The summed E-state index contributed by atoms with van der Waals surface area (Å²) in [6, 6.07) is 18.4. The second kappa shape index (κ2) is 10.0. The van der Waals surface area contributed by atoms with Crippen LogP contribution in [0.3, 0.4) is 0 Å². The molecule has 1 heterocycles. The lowest BCUT2D eigenvalue weighted by molar-refractivity contribution is -0.116. The highest BCUT2D eigenvalue weighted by atomic mass is 32.2. The van der Waals surface area contributed by atoms with Gasteiger partial charge in [0.15, 0.2) is 5.96 Å². The fourth-order valence-electron chi connectivity index (χ4n) is 3.06. The van der Waals surface area contributed by atoms with Crippen molar-refractivity contribution in [3.8, 4) is 0 Å². The molecule has 0 aliphatic carbocycles. The number of hydrogen-bond acceptors (Lipinski definition) is 3. The molecule has 1 unspecified atom stereocenters.